The van der Waals surface area contributed by atoms with Gasteiger partial charge in [0.15, 0.2) is 6.61 Å². The summed E-state index contributed by atoms with van der Waals surface area (Å²) in [4.78, 5) is 49.5. The number of ether oxygens (including phenoxy) is 1. The van der Waals surface area contributed by atoms with Crippen molar-refractivity contribution in [2.24, 2.45) is 5.92 Å². The van der Waals surface area contributed by atoms with Gasteiger partial charge in [0.05, 0.1) is 5.92 Å². The number of hydrogen-bond donors (Lipinski definition) is 2. The van der Waals surface area contributed by atoms with Crippen LogP contribution in [0.3, 0.4) is 0 Å². The number of carbonyl (C=O) groups excluding carboxylic acids is 4. The van der Waals surface area contributed by atoms with Crippen molar-refractivity contribution in [1.29, 1.82) is 0 Å². The van der Waals surface area contributed by atoms with Crippen molar-refractivity contribution >= 4 is 23.8 Å². The number of rotatable bonds is 6. The SMILES string of the molecule is CCCNC(=O)NC(=O)COC(=O)C1CCN(C(=O)c2ccccc2C)CC1. The van der Waals surface area contributed by atoms with Gasteiger partial charge in [0, 0.05) is 25.2 Å². The summed E-state index contributed by atoms with van der Waals surface area (Å²) < 4.78 is 5.01. The molecule has 1 fully saturated rings. The average Bonchev–Trinajstić information content (AvgIpc) is 2.70. The molecule has 0 saturated carbocycles. The topological polar surface area (TPSA) is 105 Å². The third-order valence-corrected chi connectivity index (χ3v) is 4.63. The Balaban J connectivity index is 1.74. The lowest BCUT2D eigenvalue weighted by molar-refractivity contribution is -0.153. The van der Waals surface area contributed by atoms with Crippen molar-refractivity contribution in [2.45, 2.75) is 33.1 Å². The largest absolute Gasteiger partial charge is 0.455 e. The number of esters is 1. The summed E-state index contributed by atoms with van der Waals surface area (Å²) in [5.74, 6) is -1.55. The lowest BCUT2D eigenvalue weighted by Gasteiger charge is -2.31. The molecule has 1 aliphatic heterocycles. The number of hydrogen-bond acceptors (Lipinski definition) is 5. The zero-order valence-electron chi connectivity index (χ0n) is 16.3. The van der Waals surface area contributed by atoms with Crippen LogP contribution >= 0.6 is 0 Å². The second-order valence-corrected chi connectivity index (χ2v) is 6.79. The maximum Gasteiger partial charge on any atom is 0.321 e. The van der Waals surface area contributed by atoms with E-state index in [1.807, 2.05) is 32.0 Å². The first kappa shape index (κ1) is 21.4. The number of aryl methyl sites for hydroxylation is 1. The van der Waals surface area contributed by atoms with E-state index in [0.717, 1.165) is 12.0 Å². The molecule has 2 rings (SSSR count). The molecule has 0 radical (unpaired) electrons. The molecule has 152 valence electrons. The first-order valence-corrected chi connectivity index (χ1v) is 9.51. The third kappa shape index (κ3) is 6.07. The maximum atomic E-state index is 12.6. The minimum Gasteiger partial charge on any atom is -0.455 e. The fourth-order valence-corrected chi connectivity index (χ4v) is 3.00. The van der Waals surface area contributed by atoms with E-state index < -0.39 is 24.5 Å². The van der Waals surface area contributed by atoms with Gasteiger partial charge in [0.25, 0.3) is 11.8 Å². The van der Waals surface area contributed by atoms with Crippen molar-refractivity contribution in [1.82, 2.24) is 15.5 Å². The minimum absolute atomic E-state index is 0.0395. The smallest absolute Gasteiger partial charge is 0.321 e. The quantitative estimate of drug-likeness (QED) is 0.720. The van der Waals surface area contributed by atoms with Gasteiger partial charge in [-0.1, -0.05) is 25.1 Å². The number of benzene rings is 1. The molecule has 0 aromatic heterocycles. The fourth-order valence-electron chi connectivity index (χ4n) is 3.00. The van der Waals surface area contributed by atoms with Gasteiger partial charge in [-0.05, 0) is 37.8 Å². The highest BCUT2D eigenvalue weighted by molar-refractivity contribution is 5.96. The molecule has 0 aliphatic carbocycles. The second-order valence-electron chi connectivity index (χ2n) is 6.79. The average molecular weight is 389 g/mol. The highest BCUT2D eigenvalue weighted by atomic mass is 16.5. The molecule has 8 heteroatoms. The Kier molecular flexibility index (Phi) is 7.98. The first-order chi connectivity index (χ1) is 13.4. The van der Waals surface area contributed by atoms with Crippen LogP contribution in [-0.4, -0.2) is 55.0 Å². The summed E-state index contributed by atoms with van der Waals surface area (Å²) in [6, 6.07) is 6.81. The van der Waals surface area contributed by atoms with Crippen LogP contribution in [0.5, 0.6) is 0 Å². The van der Waals surface area contributed by atoms with Gasteiger partial charge >= 0.3 is 12.0 Å². The van der Waals surface area contributed by atoms with Crippen LogP contribution in [0.1, 0.15) is 42.1 Å². The van der Waals surface area contributed by atoms with E-state index in [1.54, 1.807) is 11.0 Å². The number of imide groups is 1. The lowest BCUT2D eigenvalue weighted by atomic mass is 9.96. The highest BCUT2D eigenvalue weighted by Gasteiger charge is 2.29. The molecule has 1 aliphatic rings. The normalized spacial score (nSPS) is 14.3. The summed E-state index contributed by atoms with van der Waals surface area (Å²) in [5.41, 5.74) is 1.59. The number of amides is 4. The Morgan fingerprint density at radius 2 is 1.82 bits per heavy atom. The van der Waals surface area contributed by atoms with Crippen LogP contribution in [0.2, 0.25) is 0 Å². The van der Waals surface area contributed by atoms with Crippen LogP contribution < -0.4 is 10.6 Å². The van der Waals surface area contributed by atoms with E-state index in [4.69, 9.17) is 4.74 Å². The summed E-state index contributed by atoms with van der Waals surface area (Å²) in [6.07, 6.45) is 1.71. The van der Waals surface area contributed by atoms with Gasteiger partial charge in [0.1, 0.15) is 0 Å². The molecule has 4 amide bonds. The zero-order valence-corrected chi connectivity index (χ0v) is 16.3. The molecule has 0 unspecified atom stereocenters. The summed E-state index contributed by atoms with van der Waals surface area (Å²) in [6.45, 7) is 4.66. The van der Waals surface area contributed by atoms with Crippen LogP contribution in [0.25, 0.3) is 0 Å². The van der Waals surface area contributed by atoms with Gasteiger partial charge in [-0.3, -0.25) is 19.7 Å². The van der Waals surface area contributed by atoms with Crippen molar-refractivity contribution in [3.05, 3.63) is 35.4 Å². The predicted molar refractivity (Wildman–Crippen MR) is 103 cm³/mol. The van der Waals surface area contributed by atoms with E-state index in [9.17, 15) is 19.2 Å². The van der Waals surface area contributed by atoms with Crippen LogP contribution in [0.15, 0.2) is 24.3 Å². The molecule has 2 N–H and O–H groups in total. The summed E-state index contributed by atoms with van der Waals surface area (Å²) in [5, 5.41) is 4.60. The van der Waals surface area contributed by atoms with E-state index in [1.165, 1.54) is 0 Å². The molecule has 8 nitrogen and oxygen atoms in total. The number of urea groups is 1. The van der Waals surface area contributed by atoms with Crippen molar-refractivity contribution in [3.63, 3.8) is 0 Å². The van der Waals surface area contributed by atoms with E-state index in [-0.39, 0.29) is 11.8 Å². The van der Waals surface area contributed by atoms with Crippen LogP contribution in [0.4, 0.5) is 4.79 Å². The van der Waals surface area contributed by atoms with Gasteiger partial charge in [0.2, 0.25) is 0 Å². The molecule has 0 bridgehead atoms. The number of likely N-dealkylation sites (tertiary alicyclic amines) is 1. The number of nitrogens with zero attached hydrogens (tertiary/aromatic N) is 1. The molecular formula is C20H27N3O5. The molecule has 1 saturated heterocycles. The van der Waals surface area contributed by atoms with E-state index >= 15 is 0 Å². The second kappa shape index (κ2) is 10.4. The molecule has 1 heterocycles. The zero-order chi connectivity index (χ0) is 20.5. The Bertz CT molecular complexity index is 726. The van der Waals surface area contributed by atoms with Gasteiger partial charge in [-0.15, -0.1) is 0 Å². The van der Waals surface area contributed by atoms with Crippen LogP contribution in [-0.2, 0) is 14.3 Å². The number of piperidine rings is 1. The van der Waals surface area contributed by atoms with Gasteiger partial charge < -0.3 is 15.0 Å². The number of nitrogens with one attached hydrogen (secondary N) is 2. The molecule has 28 heavy (non-hydrogen) atoms. The standard InChI is InChI=1S/C20H27N3O5/c1-3-10-21-20(27)22-17(24)13-28-19(26)15-8-11-23(12-9-15)18(25)16-7-5-4-6-14(16)2/h4-7,15H,3,8-13H2,1-2H3,(H2,21,22,24,27). The summed E-state index contributed by atoms with van der Waals surface area (Å²) >= 11 is 0. The first-order valence-electron chi connectivity index (χ1n) is 9.51. The Morgan fingerprint density at radius 3 is 2.46 bits per heavy atom. The van der Waals surface area contributed by atoms with Crippen molar-refractivity contribution in [2.75, 3.05) is 26.2 Å². The molecule has 1 aromatic carbocycles. The van der Waals surface area contributed by atoms with Crippen molar-refractivity contribution in [3.8, 4) is 0 Å². The Morgan fingerprint density at radius 1 is 1.14 bits per heavy atom. The van der Waals surface area contributed by atoms with Gasteiger partial charge in [-0.25, -0.2) is 4.79 Å². The van der Waals surface area contributed by atoms with Crippen LogP contribution in [0, 0.1) is 12.8 Å². The highest BCUT2D eigenvalue weighted by Crippen LogP contribution is 2.21. The van der Waals surface area contributed by atoms with E-state index in [2.05, 4.69) is 10.6 Å². The minimum atomic E-state index is -0.672. The summed E-state index contributed by atoms with van der Waals surface area (Å²) in [7, 11) is 0. The predicted octanol–water partition coefficient (Wildman–Crippen LogP) is 1.63. The van der Waals surface area contributed by atoms with Gasteiger partial charge in [-0.2, -0.15) is 0 Å². The monoisotopic (exact) mass is 389 g/mol. The van der Waals surface area contributed by atoms with E-state index in [0.29, 0.717) is 38.0 Å². The Hall–Kier alpha value is -2.90. The molecular weight excluding hydrogens is 362 g/mol. The lowest BCUT2D eigenvalue weighted by Crippen LogP contribution is -2.43. The molecule has 1 aromatic rings. The number of carbonyl (C=O) groups is 4. The molecule has 0 spiro atoms. The van der Waals surface area contributed by atoms with Crippen molar-refractivity contribution < 1.29 is 23.9 Å². The Labute approximate surface area is 164 Å². The molecule has 0 atom stereocenters. The maximum absolute atomic E-state index is 12.6. The fraction of sp³-hybridized carbons (Fsp3) is 0.500. The third-order valence-electron chi connectivity index (χ3n) is 4.63.